The molecule has 2 heterocycles. The van der Waals surface area contributed by atoms with Crippen LogP contribution in [0.5, 0.6) is 11.5 Å². The summed E-state index contributed by atoms with van der Waals surface area (Å²) in [6.07, 6.45) is 5.23. The number of phenolic OH excluding ortho intramolecular Hbond substituents is 1. The van der Waals surface area contributed by atoms with Gasteiger partial charge in [-0.3, -0.25) is 4.90 Å². The number of piperazine rings is 1. The van der Waals surface area contributed by atoms with Gasteiger partial charge in [-0.1, -0.05) is 6.92 Å². The minimum absolute atomic E-state index is 0.269. The molecule has 1 aliphatic carbocycles. The molecule has 132 valence electrons. The van der Waals surface area contributed by atoms with E-state index in [4.69, 9.17) is 4.74 Å². The molecule has 1 aromatic rings. The number of likely N-dealkylation sites (N-methyl/N-ethyl adjacent to an activating group) is 1. The first kappa shape index (κ1) is 16.2. The summed E-state index contributed by atoms with van der Waals surface area (Å²) >= 11 is 0. The Morgan fingerprint density at radius 2 is 2.04 bits per heavy atom. The zero-order valence-corrected chi connectivity index (χ0v) is 15.2. The highest BCUT2D eigenvalue weighted by Gasteiger charge is 2.38. The molecule has 2 atom stereocenters. The number of ether oxygens (including phenoxy) is 1. The van der Waals surface area contributed by atoms with Crippen LogP contribution in [0.2, 0.25) is 0 Å². The third-order valence-corrected chi connectivity index (χ3v) is 6.52. The van der Waals surface area contributed by atoms with Crippen molar-refractivity contribution in [3.8, 4) is 11.5 Å². The third-order valence-electron chi connectivity index (χ3n) is 6.52. The Kier molecular flexibility index (Phi) is 4.21. The molecule has 24 heavy (non-hydrogen) atoms. The van der Waals surface area contributed by atoms with E-state index in [1.807, 2.05) is 6.07 Å². The minimum atomic E-state index is 0.269. The molecule has 0 bridgehead atoms. The lowest BCUT2D eigenvalue weighted by Crippen LogP contribution is -2.55. The highest BCUT2D eigenvalue weighted by molar-refractivity contribution is 5.49. The second-order valence-electron chi connectivity index (χ2n) is 8.26. The van der Waals surface area contributed by atoms with Gasteiger partial charge in [0.05, 0.1) is 7.11 Å². The van der Waals surface area contributed by atoms with E-state index < -0.39 is 0 Å². The molecule has 1 aromatic carbocycles. The molecule has 2 fully saturated rings. The molecular weight excluding hydrogens is 300 g/mol. The van der Waals surface area contributed by atoms with Gasteiger partial charge in [0.2, 0.25) is 0 Å². The fourth-order valence-electron chi connectivity index (χ4n) is 5.10. The number of fused-ring (bicyclic) bond motifs is 3. The Morgan fingerprint density at radius 3 is 2.75 bits per heavy atom. The fraction of sp³-hybridized carbons (Fsp3) is 0.700. The van der Waals surface area contributed by atoms with E-state index in [9.17, 15) is 5.11 Å². The minimum Gasteiger partial charge on any atom is -0.504 e. The predicted octanol–water partition coefficient (Wildman–Crippen LogP) is 3.05. The fourth-order valence-corrected chi connectivity index (χ4v) is 5.10. The van der Waals surface area contributed by atoms with Crippen LogP contribution < -0.4 is 4.74 Å². The number of benzene rings is 1. The van der Waals surface area contributed by atoms with E-state index in [0.29, 0.717) is 17.8 Å². The molecule has 2 aliphatic heterocycles. The van der Waals surface area contributed by atoms with Crippen molar-refractivity contribution in [1.29, 1.82) is 0 Å². The maximum atomic E-state index is 10.1. The van der Waals surface area contributed by atoms with Crippen molar-refractivity contribution in [2.24, 2.45) is 11.8 Å². The summed E-state index contributed by atoms with van der Waals surface area (Å²) in [5, 5.41) is 10.1. The van der Waals surface area contributed by atoms with Crippen LogP contribution in [-0.4, -0.2) is 54.7 Å². The Bertz CT molecular complexity index is 612. The molecule has 1 saturated carbocycles. The summed E-state index contributed by atoms with van der Waals surface area (Å²) in [5.74, 6) is 2.76. The van der Waals surface area contributed by atoms with Crippen LogP contribution in [0.1, 0.15) is 43.4 Å². The molecule has 4 rings (SSSR count). The zero-order valence-electron chi connectivity index (χ0n) is 15.2. The van der Waals surface area contributed by atoms with E-state index in [2.05, 4.69) is 29.8 Å². The lowest BCUT2D eigenvalue weighted by molar-refractivity contribution is 0.0166. The van der Waals surface area contributed by atoms with Crippen molar-refractivity contribution in [3.05, 3.63) is 23.3 Å². The first-order valence-electron chi connectivity index (χ1n) is 9.39. The van der Waals surface area contributed by atoms with E-state index >= 15 is 0 Å². The Balaban J connectivity index is 1.51. The van der Waals surface area contributed by atoms with Gasteiger partial charge in [0, 0.05) is 31.7 Å². The molecule has 1 N–H and O–H groups in total. The van der Waals surface area contributed by atoms with Gasteiger partial charge in [-0.25, -0.2) is 0 Å². The van der Waals surface area contributed by atoms with Gasteiger partial charge in [-0.15, -0.1) is 0 Å². The van der Waals surface area contributed by atoms with Crippen LogP contribution in [-0.2, 0) is 6.42 Å². The smallest absolute Gasteiger partial charge is 0.160 e. The lowest BCUT2D eigenvalue weighted by Gasteiger charge is -2.49. The highest BCUT2D eigenvalue weighted by atomic mass is 16.5. The molecule has 0 aromatic heterocycles. The molecular formula is C20H30N2O2. The van der Waals surface area contributed by atoms with Gasteiger partial charge < -0.3 is 14.7 Å². The molecule has 0 spiro atoms. The van der Waals surface area contributed by atoms with Gasteiger partial charge in [0.15, 0.2) is 11.5 Å². The first-order chi connectivity index (χ1) is 11.5. The maximum absolute atomic E-state index is 10.1. The normalized spacial score (nSPS) is 33.5. The summed E-state index contributed by atoms with van der Waals surface area (Å²) in [6.45, 7) is 5.74. The van der Waals surface area contributed by atoms with Crippen molar-refractivity contribution in [3.63, 3.8) is 0 Å². The van der Waals surface area contributed by atoms with E-state index in [1.165, 1.54) is 36.9 Å². The van der Waals surface area contributed by atoms with E-state index in [-0.39, 0.29) is 5.75 Å². The molecule has 3 aliphatic rings. The van der Waals surface area contributed by atoms with E-state index in [0.717, 1.165) is 31.3 Å². The Labute approximate surface area is 145 Å². The molecule has 0 radical (unpaired) electrons. The standard InChI is InChI=1S/C20H30N2O2/c1-13-6-14(7-13)8-16-11-22-5-4-15-9-19(23)20(24-3)10-17(15)18(22)12-21(16)2/h9-10,13-14,16,18,23H,4-8,11-12H2,1-3H3/t13?,14?,16-,18+/m1/s1. The van der Waals surface area contributed by atoms with Gasteiger partial charge in [-0.05, 0) is 67.8 Å². The number of aromatic hydroxyl groups is 1. The van der Waals surface area contributed by atoms with Gasteiger partial charge in [0.25, 0.3) is 0 Å². The van der Waals surface area contributed by atoms with Crippen LogP contribution in [0.4, 0.5) is 0 Å². The van der Waals surface area contributed by atoms with Gasteiger partial charge >= 0.3 is 0 Å². The summed E-state index contributed by atoms with van der Waals surface area (Å²) in [7, 11) is 3.92. The van der Waals surface area contributed by atoms with Crippen LogP contribution in [0.25, 0.3) is 0 Å². The molecule has 4 nitrogen and oxygen atoms in total. The summed E-state index contributed by atoms with van der Waals surface area (Å²) in [6, 6.07) is 5.10. The first-order valence-corrected chi connectivity index (χ1v) is 9.39. The summed E-state index contributed by atoms with van der Waals surface area (Å²) in [4.78, 5) is 5.23. The van der Waals surface area contributed by atoms with Crippen LogP contribution in [0.15, 0.2) is 12.1 Å². The van der Waals surface area contributed by atoms with E-state index in [1.54, 1.807) is 7.11 Å². The molecule has 4 heteroatoms. The topological polar surface area (TPSA) is 35.9 Å². The number of rotatable bonds is 3. The number of methoxy groups -OCH3 is 1. The summed E-state index contributed by atoms with van der Waals surface area (Å²) in [5.41, 5.74) is 2.63. The Hall–Kier alpha value is -1.26. The van der Waals surface area contributed by atoms with Crippen molar-refractivity contribution < 1.29 is 9.84 Å². The number of hydrogen-bond acceptors (Lipinski definition) is 4. The number of phenols is 1. The zero-order chi connectivity index (χ0) is 16.8. The number of nitrogens with zero attached hydrogens (tertiary/aromatic N) is 2. The van der Waals surface area contributed by atoms with Gasteiger partial charge in [-0.2, -0.15) is 0 Å². The Morgan fingerprint density at radius 1 is 1.25 bits per heavy atom. The summed E-state index contributed by atoms with van der Waals surface area (Å²) < 4.78 is 5.34. The lowest BCUT2D eigenvalue weighted by atomic mass is 9.72. The highest BCUT2D eigenvalue weighted by Crippen LogP contribution is 2.42. The quantitative estimate of drug-likeness (QED) is 0.924. The van der Waals surface area contributed by atoms with Crippen LogP contribution in [0.3, 0.4) is 0 Å². The maximum Gasteiger partial charge on any atom is 0.160 e. The van der Waals surface area contributed by atoms with Crippen molar-refractivity contribution in [1.82, 2.24) is 9.80 Å². The average Bonchev–Trinajstić information content (AvgIpc) is 2.53. The van der Waals surface area contributed by atoms with Crippen LogP contribution >= 0.6 is 0 Å². The predicted molar refractivity (Wildman–Crippen MR) is 95.6 cm³/mol. The van der Waals surface area contributed by atoms with Crippen molar-refractivity contribution >= 4 is 0 Å². The van der Waals surface area contributed by atoms with Gasteiger partial charge in [0.1, 0.15) is 0 Å². The molecule has 1 saturated heterocycles. The second-order valence-corrected chi connectivity index (χ2v) is 8.26. The molecule has 0 amide bonds. The molecule has 0 unspecified atom stereocenters. The second kappa shape index (κ2) is 6.23. The van der Waals surface area contributed by atoms with Crippen molar-refractivity contribution in [2.75, 3.05) is 33.8 Å². The van der Waals surface area contributed by atoms with Crippen molar-refractivity contribution in [2.45, 2.75) is 44.7 Å². The number of hydrogen-bond donors (Lipinski definition) is 1. The monoisotopic (exact) mass is 330 g/mol. The largest absolute Gasteiger partial charge is 0.504 e. The SMILES string of the molecule is COc1cc2c(cc1O)CCN1C[C@@H](CC3CC(C)C3)N(C)C[C@@H]21. The average molecular weight is 330 g/mol. The third kappa shape index (κ3) is 2.80. The van der Waals surface area contributed by atoms with Crippen LogP contribution in [0, 0.1) is 11.8 Å².